The van der Waals surface area contributed by atoms with E-state index in [1.807, 2.05) is 29.2 Å². The van der Waals surface area contributed by atoms with Crippen LogP contribution in [-0.2, 0) is 17.8 Å². The van der Waals surface area contributed by atoms with Crippen LogP contribution in [0.25, 0.3) is 21.3 Å². The molecule has 1 aliphatic rings. The van der Waals surface area contributed by atoms with E-state index in [9.17, 15) is 9.59 Å². The number of carbonyl (C=O) groups is 1. The first kappa shape index (κ1) is 20.3. The lowest BCUT2D eigenvalue weighted by atomic mass is 9.99. The SMILES string of the molecule is CCc1sc2ncn(CC(=O)N3CCC(C)CC3)c(=O)c2c1-c1ccc(Br)cc1. The minimum atomic E-state index is -0.136. The monoisotopic (exact) mass is 473 g/mol. The van der Waals surface area contributed by atoms with Gasteiger partial charge in [0.2, 0.25) is 5.91 Å². The van der Waals surface area contributed by atoms with Crippen LogP contribution in [0.1, 0.15) is 31.6 Å². The first-order valence-electron chi connectivity index (χ1n) is 10.0. The van der Waals surface area contributed by atoms with Crippen LogP contribution in [0.4, 0.5) is 0 Å². The van der Waals surface area contributed by atoms with Gasteiger partial charge in [0.15, 0.2) is 0 Å². The second-order valence-electron chi connectivity index (χ2n) is 7.68. The van der Waals surface area contributed by atoms with Crippen molar-refractivity contribution >= 4 is 43.4 Å². The first-order valence-corrected chi connectivity index (χ1v) is 11.6. The lowest BCUT2D eigenvalue weighted by Gasteiger charge is -2.30. The number of halogens is 1. The highest BCUT2D eigenvalue weighted by Gasteiger charge is 2.23. The molecule has 2 aromatic heterocycles. The predicted molar refractivity (Wildman–Crippen MR) is 121 cm³/mol. The normalized spacial score (nSPS) is 15.2. The zero-order valence-corrected chi connectivity index (χ0v) is 19.1. The lowest BCUT2D eigenvalue weighted by molar-refractivity contribution is -0.133. The van der Waals surface area contributed by atoms with Gasteiger partial charge in [-0.05, 0) is 42.9 Å². The number of hydrogen-bond acceptors (Lipinski definition) is 4. The molecule has 1 fully saturated rings. The van der Waals surface area contributed by atoms with Crippen molar-refractivity contribution < 1.29 is 4.79 Å². The smallest absolute Gasteiger partial charge is 0.263 e. The number of aromatic nitrogens is 2. The Hall–Kier alpha value is -1.99. The Morgan fingerprint density at radius 1 is 1.24 bits per heavy atom. The van der Waals surface area contributed by atoms with Gasteiger partial charge in [0.05, 0.1) is 11.7 Å². The van der Waals surface area contributed by atoms with Gasteiger partial charge in [-0.15, -0.1) is 11.3 Å². The van der Waals surface area contributed by atoms with E-state index in [1.54, 1.807) is 11.3 Å². The molecule has 0 radical (unpaired) electrons. The molecular weight excluding hydrogens is 450 g/mol. The Kier molecular flexibility index (Phi) is 5.88. The number of fused-ring (bicyclic) bond motifs is 1. The second-order valence-corrected chi connectivity index (χ2v) is 9.68. The summed E-state index contributed by atoms with van der Waals surface area (Å²) in [6, 6.07) is 7.99. The summed E-state index contributed by atoms with van der Waals surface area (Å²) < 4.78 is 2.47. The molecule has 4 rings (SSSR count). The molecule has 3 aromatic rings. The van der Waals surface area contributed by atoms with Gasteiger partial charge in [-0.1, -0.05) is 41.9 Å². The highest BCUT2D eigenvalue weighted by molar-refractivity contribution is 9.10. The fourth-order valence-corrected chi connectivity index (χ4v) is 5.22. The number of amides is 1. The van der Waals surface area contributed by atoms with E-state index in [2.05, 4.69) is 34.8 Å². The van der Waals surface area contributed by atoms with Crippen LogP contribution in [0.15, 0.2) is 39.9 Å². The van der Waals surface area contributed by atoms with Gasteiger partial charge in [0, 0.05) is 28.0 Å². The third-order valence-corrected chi connectivity index (χ3v) is 7.42. The number of aryl methyl sites for hydroxylation is 1. The van der Waals surface area contributed by atoms with Crippen LogP contribution in [-0.4, -0.2) is 33.4 Å². The molecule has 0 atom stereocenters. The number of benzene rings is 1. The predicted octanol–water partition coefficient (Wildman–Crippen LogP) is 4.71. The molecule has 7 heteroatoms. The first-order chi connectivity index (χ1) is 14.0. The number of carbonyl (C=O) groups excluding carboxylic acids is 1. The zero-order valence-electron chi connectivity index (χ0n) is 16.7. The molecule has 1 amide bonds. The van der Waals surface area contributed by atoms with Gasteiger partial charge in [0.1, 0.15) is 11.4 Å². The minimum absolute atomic E-state index is 0.00344. The van der Waals surface area contributed by atoms with Gasteiger partial charge in [-0.2, -0.15) is 0 Å². The molecular formula is C22H24BrN3O2S. The maximum Gasteiger partial charge on any atom is 0.263 e. The standard InChI is InChI=1S/C22H24BrN3O2S/c1-3-17-19(15-4-6-16(23)7-5-15)20-21(29-17)24-13-26(22(20)28)12-18(27)25-10-8-14(2)9-11-25/h4-7,13-14H,3,8-12H2,1-2H3. The maximum absolute atomic E-state index is 13.3. The van der Waals surface area contributed by atoms with Gasteiger partial charge >= 0.3 is 0 Å². The van der Waals surface area contributed by atoms with Gasteiger partial charge < -0.3 is 4.90 Å². The van der Waals surface area contributed by atoms with E-state index >= 15 is 0 Å². The average Bonchev–Trinajstić information content (AvgIpc) is 3.10. The third-order valence-electron chi connectivity index (χ3n) is 5.65. The van der Waals surface area contributed by atoms with Crippen LogP contribution >= 0.6 is 27.3 Å². The Morgan fingerprint density at radius 3 is 2.59 bits per heavy atom. The van der Waals surface area contributed by atoms with E-state index in [0.29, 0.717) is 11.3 Å². The van der Waals surface area contributed by atoms with Crippen molar-refractivity contribution in [2.75, 3.05) is 13.1 Å². The van der Waals surface area contributed by atoms with Crippen LogP contribution in [0.2, 0.25) is 0 Å². The number of hydrogen-bond donors (Lipinski definition) is 0. The van der Waals surface area contributed by atoms with Crippen molar-refractivity contribution in [3.63, 3.8) is 0 Å². The van der Waals surface area contributed by atoms with Crippen molar-refractivity contribution in [3.8, 4) is 11.1 Å². The topological polar surface area (TPSA) is 55.2 Å². The van der Waals surface area contributed by atoms with Crippen LogP contribution in [0.5, 0.6) is 0 Å². The molecule has 29 heavy (non-hydrogen) atoms. The molecule has 0 saturated carbocycles. The van der Waals surface area contributed by atoms with E-state index in [-0.39, 0.29) is 18.0 Å². The number of piperidine rings is 1. The van der Waals surface area contributed by atoms with Gasteiger partial charge in [0.25, 0.3) is 5.56 Å². The molecule has 0 N–H and O–H groups in total. The molecule has 0 unspecified atom stereocenters. The summed E-state index contributed by atoms with van der Waals surface area (Å²) in [5.41, 5.74) is 1.82. The maximum atomic E-state index is 13.3. The summed E-state index contributed by atoms with van der Waals surface area (Å²) in [5, 5.41) is 0.622. The third kappa shape index (κ3) is 4.03. The van der Waals surface area contributed by atoms with E-state index in [0.717, 1.165) is 57.7 Å². The van der Waals surface area contributed by atoms with Crippen molar-refractivity contribution in [3.05, 3.63) is 50.3 Å². The summed E-state index contributed by atoms with van der Waals surface area (Å²) in [7, 11) is 0. The molecule has 5 nitrogen and oxygen atoms in total. The Bertz CT molecular complexity index is 1100. The van der Waals surface area contributed by atoms with Crippen molar-refractivity contribution in [2.45, 2.75) is 39.7 Å². The van der Waals surface area contributed by atoms with Crippen molar-refractivity contribution in [1.82, 2.24) is 14.5 Å². The summed E-state index contributed by atoms with van der Waals surface area (Å²) in [4.78, 5) is 34.4. The molecule has 1 saturated heterocycles. The van der Waals surface area contributed by atoms with E-state index < -0.39 is 0 Å². The Morgan fingerprint density at radius 2 is 1.93 bits per heavy atom. The molecule has 1 aromatic carbocycles. The highest BCUT2D eigenvalue weighted by atomic mass is 79.9. The summed E-state index contributed by atoms with van der Waals surface area (Å²) >= 11 is 5.03. The fourth-order valence-electron chi connectivity index (χ4n) is 3.86. The minimum Gasteiger partial charge on any atom is -0.341 e. The van der Waals surface area contributed by atoms with Crippen LogP contribution in [0, 0.1) is 5.92 Å². The molecule has 152 valence electrons. The Balaban J connectivity index is 1.73. The van der Waals surface area contributed by atoms with E-state index in [4.69, 9.17) is 0 Å². The molecule has 0 spiro atoms. The average molecular weight is 474 g/mol. The number of likely N-dealkylation sites (tertiary alicyclic amines) is 1. The quantitative estimate of drug-likeness (QED) is 0.551. The van der Waals surface area contributed by atoms with Gasteiger partial charge in [-0.25, -0.2) is 4.98 Å². The van der Waals surface area contributed by atoms with Crippen LogP contribution in [0.3, 0.4) is 0 Å². The second kappa shape index (κ2) is 8.40. The molecule has 0 bridgehead atoms. The van der Waals surface area contributed by atoms with Crippen molar-refractivity contribution in [1.29, 1.82) is 0 Å². The molecule has 1 aliphatic heterocycles. The van der Waals surface area contributed by atoms with Gasteiger partial charge in [-0.3, -0.25) is 14.2 Å². The number of rotatable bonds is 4. The summed E-state index contributed by atoms with van der Waals surface area (Å²) in [5.74, 6) is 0.655. The van der Waals surface area contributed by atoms with Crippen molar-refractivity contribution in [2.24, 2.45) is 5.92 Å². The number of thiophene rings is 1. The summed E-state index contributed by atoms with van der Waals surface area (Å²) in [6.45, 7) is 5.90. The summed E-state index contributed by atoms with van der Waals surface area (Å²) in [6.07, 6.45) is 4.40. The largest absolute Gasteiger partial charge is 0.341 e. The Labute approximate surface area is 182 Å². The highest BCUT2D eigenvalue weighted by Crippen LogP contribution is 2.36. The molecule has 0 aliphatic carbocycles. The zero-order chi connectivity index (χ0) is 20.5. The molecule has 3 heterocycles. The van der Waals surface area contributed by atoms with Crippen LogP contribution < -0.4 is 5.56 Å². The van der Waals surface area contributed by atoms with E-state index in [1.165, 1.54) is 10.9 Å². The fraction of sp³-hybridized carbons (Fsp3) is 0.409. The number of nitrogens with zero attached hydrogens (tertiary/aromatic N) is 3. The lowest BCUT2D eigenvalue weighted by Crippen LogP contribution is -2.41.